The van der Waals surface area contributed by atoms with Gasteiger partial charge in [0, 0.05) is 21.4 Å². The fraction of sp³-hybridized carbons (Fsp3) is 0.200. The summed E-state index contributed by atoms with van der Waals surface area (Å²) < 4.78 is 5.49. The molecule has 0 fully saturated rings. The molecule has 2 heterocycles. The molecule has 6 heteroatoms. The Hall–Kier alpha value is -1.85. The zero-order valence-electron chi connectivity index (χ0n) is 11.6. The molecular weight excluding hydrogens is 308 g/mol. The van der Waals surface area contributed by atoms with E-state index in [2.05, 4.69) is 10.3 Å². The summed E-state index contributed by atoms with van der Waals surface area (Å²) in [4.78, 5) is 16.3. The first kappa shape index (κ1) is 14.1. The van der Waals surface area contributed by atoms with Crippen molar-refractivity contribution >= 4 is 44.9 Å². The molecule has 0 saturated carbocycles. The molecule has 3 aromatic rings. The predicted molar refractivity (Wildman–Crippen MR) is 85.1 cm³/mol. The number of fused-ring (bicyclic) bond motifs is 1. The lowest BCUT2D eigenvalue weighted by Gasteiger charge is -2.01. The number of aryl methyl sites for hydroxylation is 2. The summed E-state index contributed by atoms with van der Waals surface area (Å²) >= 11 is 7.55. The normalized spacial score (nSPS) is 11.0. The monoisotopic (exact) mass is 320 g/mol. The van der Waals surface area contributed by atoms with E-state index < -0.39 is 0 Å². The van der Waals surface area contributed by atoms with Gasteiger partial charge >= 0.3 is 0 Å². The number of hydrogen-bond donors (Lipinski definition) is 1. The largest absolute Gasteiger partial charge is 0.464 e. The number of thiazole rings is 1. The molecule has 1 amide bonds. The van der Waals surface area contributed by atoms with Gasteiger partial charge in [-0.25, -0.2) is 4.98 Å². The number of nitrogens with zero attached hydrogens (tertiary/aromatic N) is 1. The average molecular weight is 321 g/mol. The second-order valence-electron chi connectivity index (χ2n) is 4.88. The first-order valence-electron chi connectivity index (χ1n) is 6.41. The number of anilines is 1. The summed E-state index contributed by atoms with van der Waals surface area (Å²) in [6.07, 6.45) is 1.83. The van der Waals surface area contributed by atoms with Crippen molar-refractivity contribution in [1.29, 1.82) is 0 Å². The summed E-state index contributed by atoms with van der Waals surface area (Å²) in [6, 6.07) is 3.72. The number of hydrogen-bond acceptors (Lipinski definition) is 4. The molecular formula is C15H13ClN2O2S. The number of furan rings is 1. The number of nitrogens with one attached hydrogen (secondary N) is 1. The molecule has 0 aliphatic carbocycles. The number of benzene rings is 1. The Labute approximate surface area is 130 Å². The Morgan fingerprint density at radius 2 is 2.24 bits per heavy atom. The van der Waals surface area contributed by atoms with Crippen LogP contribution in [0, 0.1) is 13.8 Å². The van der Waals surface area contributed by atoms with Crippen molar-refractivity contribution < 1.29 is 9.21 Å². The van der Waals surface area contributed by atoms with E-state index in [1.807, 2.05) is 31.4 Å². The third-order valence-electron chi connectivity index (χ3n) is 3.15. The van der Waals surface area contributed by atoms with E-state index in [1.165, 1.54) is 11.3 Å². The van der Waals surface area contributed by atoms with Gasteiger partial charge in [0.15, 0.2) is 5.13 Å². The number of halogens is 1. The van der Waals surface area contributed by atoms with Crippen LogP contribution in [0.4, 0.5) is 5.13 Å². The van der Waals surface area contributed by atoms with Gasteiger partial charge in [-0.2, -0.15) is 0 Å². The zero-order valence-corrected chi connectivity index (χ0v) is 13.1. The molecule has 0 atom stereocenters. The fourth-order valence-corrected chi connectivity index (χ4v) is 2.95. The van der Waals surface area contributed by atoms with Gasteiger partial charge in [-0.3, -0.25) is 4.79 Å². The maximum atomic E-state index is 12.1. The van der Waals surface area contributed by atoms with Crippen molar-refractivity contribution in [1.82, 2.24) is 4.98 Å². The van der Waals surface area contributed by atoms with Gasteiger partial charge in [-0.1, -0.05) is 11.6 Å². The first-order chi connectivity index (χ1) is 10.0. The standard InChI is InChI=1S/C15H13ClN2O2S/c1-8-3-13-11(5-12(8)16)10(6-20-13)4-14(19)18-15-17-9(2)7-21-15/h3,5-7H,4H2,1-2H3,(H,17,18,19). The lowest BCUT2D eigenvalue weighted by atomic mass is 10.1. The Bertz CT molecular complexity index is 822. The van der Waals surface area contributed by atoms with Crippen LogP contribution >= 0.6 is 22.9 Å². The van der Waals surface area contributed by atoms with Crippen LogP contribution in [0.1, 0.15) is 16.8 Å². The third kappa shape index (κ3) is 2.94. The van der Waals surface area contributed by atoms with Gasteiger partial charge in [0.1, 0.15) is 5.58 Å². The van der Waals surface area contributed by atoms with Crippen LogP contribution in [0.15, 0.2) is 28.2 Å². The smallest absolute Gasteiger partial charge is 0.230 e. The van der Waals surface area contributed by atoms with Crippen LogP contribution in [0.25, 0.3) is 11.0 Å². The van der Waals surface area contributed by atoms with E-state index in [0.29, 0.717) is 10.2 Å². The topological polar surface area (TPSA) is 55.1 Å². The van der Waals surface area contributed by atoms with Crippen LogP contribution in [0.5, 0.6) is 0 Å². The van der Waals surface area contributed by atoms with Crippen molar-refractivity contribution in [2.75, 3.05) is 5.32 Å². The Kier molecular flexibility index (Phi) is 3.69. The quantitative estimate of drug-likeness (QED) is 0.781. The van der Waals surface area contributed by atoms with E-state index in [9.17, 15) is 4.79 Å². The van der Waals surface area contributed by atoms with Crippen LogP contribution in [0.3, 0.4) is 0 Å². The van der Waals surface area contributed by atoms with Crippen LogP contribution in [0.2, 0.25) is 5.02 Å². The van der Waals surface area contributed by atoms with E-state index in [4.69, 9.17) is 16.0 Å². The third-order valence-corrected chi connectivity index (χ3v) is 4.43. The molecule has 0 bridgehead atoms. The van der Waals surface area contributed by atoms with Gasteiger partial charge in [0.25, 0.3) is 0 Å². The highest BCUT2D eigenvalue weighted by molar-refractivity contribution is 7.13. The Morgan fingerprint density at radius 3 is 2.95 bits per heavy atom. The van der Waals surface area contributed by atoms with E-state index in [-0.39, 0.29) is 12.3 Å². The van der Waals surface area contributed by atoms with Crippen molar-refractivity contribution in [3.63, 3.8) is 0 Å². The molecule has 1 N–H and O–H groups in total. The molecule has 2 aromatic heterocycles. The summed E-state index contributed by atoms with van der Waals surface area (Å²) in [5.41, 5.74) is 3.40. The lowest BCUT2D eigenvalue weighted by Crippen LogP contribution is -2.13. The van der Waals surface area contributed by atoms with Crippen molar-refractivity contribution in [3.8, 4) is 0 Å². The van der Waals surface area contributed by atoms with E-state index in [1.54, 1.807) is 6.26 Å². The highest BCUT2D eigenvalue weighted by Gasteiger charge is 2.13. The molecule has 21 heavy (non-hydrogen) atoms. The minimum Gasteiger partial charge on any atom is -0.464 e. The molecule has 0 radical (unpaired) electrons. The number of amides is 1. The highest BCUT2D eigenvalue weighted by Crippen LogP contribution is 2.28. The molecule has 1 aromatic carbocycles. The molecule has 0 aliphatic heterocycles. The summed E-state index contributed by atoms with van der Waals surface area (Å²) in [5.74, 6) is -0.122. The molecule has 0 unspecified atom stereocenters. The summed E-state index contributed by atoms with van der Waals surface area (Å²) in [5, 5.41) is 6.83. The minimum atomic E-state index is -0.122. The molecule has 0 saturated heterocycles. The molecule has 0 aliphatic rings. The number of rotatable bonds is 3. The van der Waals surface area contributed by atoms with Crippen molar-refractivity contribution in [2.24, 2.45) is 0 Å². The highest BCUT2D eigenvalue weighted by atomic mass is 35.5. The molecule has 3 rings (SSSR count). The second-order valence-corrected chi connectivity index (χ2v) is 6.14. The van der Waals surface area contributed by atoms with Crippen LogP contribution in [-0.4, -0.2) is 10.9 Å². The average Bonchev–Trinajstić information content (AvgIpc) is 2.98. The van der Waals surface area contributed by atoms with Crippen molar-refractivity contribution in [3.05, 3.63) is 45.6 Å². The number of aromatic nitrogens is 1. The molecule has 108 valence electrons. The lowest BCUT2D eigenvalue weighted by molar-refractivity contribution is -0.115. The maximum Gasteiger partial charge on any atom is 0.230 e. The second kappa shape index (κ2) is 5.50. The van der Waals surface area contributed by atoms with Crippen LogP contribution in [-0.2, 0) is 11.2 Å². The Morgan fingerprint density at radius 1 is 1.43 bits per heavy atom. The fourth-order valence-electron chi connectivity index (χ4n) is 2.09. The van der Waals surface area contributed by atoms with E-state index in [0.717, 1.165) is 27.8 Å². The first-order valence-corrected chi connectivity index (χ1v) is 7.67. The zero-order chi connectivity index (χ0) is 15.0. The minimum absolute atomic E-state index is 0.122. The van der Waals surface area contributed by atoms with E-state index >= 15 is 0 Å². The number of carbonyl (C=O) groups excluding carboxylic acids is 1. The van der Waals surface area contributed by atoms with Gasteiger partial charge in [0.2, 0.25) is 5.91 Å². The summed E-state index contributed by atoms with van der Waals surface area (Å²) in [6.45, 7) is 3.81. The van der Waals surface area contributed by atoms with Gasteiger partial charge in [-0.05, 0) is 31.5 Å². The van der Waals surface area contributed by atoms with Crippen LogP contribution < -0.4 is 5.32 Å². The van der Waals surface area contributed by atoms with Gasteiger partial charge in [0.05, 0.1) is 18.4 Å². The molecule has 0 spiro atoms. The van der Waals surface area contributed by atoms with Crippen molar-refractivity contribution in [2.45, 2.75) is 20.3 Å². The van der Waals surface area contributed by atoms with Gasteiger partial charge in [-0.15, -0.1) is 11.3 Å². The number of carbonyl (C=O) groups is 1. The van der Waals surface area contributed by atoms with Gasteiger partial charge < -0.3 is 9.73 Å². The predicted octanol–water partition coefficient (Wildman–Crippen LogP) is 4.34. The Balaban J connectivity index is 1.81. The SMILES string of the molecule is Cc1csc(NC(=O)Cc2coc3cc(C)c(Cl)cc23)n1. The summed E-state index contributed by atoms with van der Waals surface area (Å²) in [7, 11) is 0. The maximum absolute atomic E-state index is 12.1. The molecule has 4 nitrogen and oxygen atoms in total.